The van der Waals surface area contributed by atoms with Gasteiger partial charge in [0.1, 0.15) is 22.8 Å². The lowest BCUT2D eigenvalue weighted by molar-refractivity contribution is 0.102. The predicted octanol–water partition coefficient (Wildman–Crippen LogP) is 24.0. The van der Waals surface area contributed by atoms with Gasteiger partial charge in [-0.15, -0.1) is 0 Å². The molecule has 0 aliphatic heterocycles. The van der Waals surface area contributed by atoms with Crippen LogP contribution in [0.3, 0.4) is 0 Å². The minimum atomic E-state index is 0.0389. The van der Waals surface area contributed by atoms with Crippen molar-refractivity contribution in [1.29, 1.82) is 0 Å². The van der Waals surface area contributed by atoms with E-state index < -0.39 is 0 Å². The van der Waals surface area contributed by atoms with Crippen LogP contribution in [0.4, 0.5) is 0 Å². The summed E-state index contributed by atoms with van der Waals surface area (Å²) in [6.45, 7) is 0. The Morgan fingerprint density at radius 3 is 0.528 bits per heavy atom. The number of carbonyl (C=O) groups excluding carboxylic acids is 4. The van der Waals surface area contributed by atoms with Gasteiger partial charge in [-0.05, 0) is 117 Å². The first-order valence-electron chi connectivity index (χ1n) is 36.0. The largest absolute Gasteiger partial charge is 0.313 e. The first-order chi connectivity index (χ1) is 53.3. The number of fused-ring (bicyclic) bond motifs is 12. The summed E-state index contributed by atoms with van der Waals surface area (Å²) in [5.74, 6) is 0.156. The molecule has 0 unspecified atom stereocenters. The number of carbonyl (C=O) groups is 4. The zero-order chi connectivity index (χ0) is 72.9. The second-order valence-corrected chi connectivity index (χ2v) is 26.5. The van der Waals surface area contributed by atoms with Crippen LogP contribution in [-0.4, -0.2) is 40.7 Å². The van der Waals surface area contributed by atoms with E-state index in [9.17, 15) is 19.2 Å². The van der Waals surface area contributed by atoms with Crippen LogP contribution >= 0.6 is 0 Å². The highest BCUT2D eigenvalue weighted by Crippen LogP contribution is 2.38. The Morgan fingerprint density at radius 1 is 0.157 bits per heavy atom. The quantitative estimate of drug-likeness (QED) is 0.114. The van der Waals surface area contributed by atoms with E-state index in [0.29, 0.717) is 45.0 Å². The fraction of sp³-hybridized carbons (Fsp3) is 0. The molecule has 0 saturated carbocycles. The van der Waals surface area contributed by atoms with Crippen LogP contribution < -0.4 is 0 Å². The van der Waals surface area contributed by atoms with E-state index in [4.69, 9.17) is 0 Å². The van der Waals surface area contributed by atoms with Gasteiger partial charge in [-0.2, -0.15) is 0 Å². The van der Waals surface area contributed by atoms with Crippen molar-refractivity contribution in [3.05, 3.63) is 458 Å². The monoisotopic (exact) mass is 1390 g/mol. The fourth-order valence-corrected chi connectivity index (χ4v) is 14.9. The second kappa shape index (κ2) is 29.6. The maximum absolute atomic E-state index is 13.4. The molecular weight excluding hydrogens is 1320 g/mol. The Balaban J connectivity index is 0.000000105. The summed E-state index contributed by atoms with van der Waals surface area (Å²) < 4.78 is 8.03. The number of hydrogen-bond donors (Lipinski definition) is 0. The standard InChI is InChI=1S/4C25H17NO/c4*27-25(19-11-5-2-6-12-19)24-22-17-20(18-9-3-1-4-10-18)14-15-21(22)23-13-7-8-16-26(23)24/h4*1-17H. The van der Waals surface area contributed by atoms with E-state index in [1.165, 1.54) is 0 Å². The van der Waals surface area contributed by atoms with Crippen molar-refractivity contribution in [1.82, 2.24) is 17.6 Å². The van der Waals surface area contributed by atoms with Gasteiger partial charge in [0.05, 0.1) is 22.1 Å². The summed E-state index contributed by atoms with van der Waals surface area (Å²) in [4.78, 5) is 53.4. The van der Waals surface area contributed by atoms with Crippen LogP contribution in [0.5, 0.6) is 0 Å². The molecule has 0 fully saturated rings. The van der Waals surface area contributed by atoms with Gasteiger partial charge in [-0.25, -0.2) is 0 Å². The molecule has 0 amide bonds. The Morgan fingerprint density at radius 2 is 0.333 bits per heavy atom. The lowest BCUT2D eigenvalue weighted by atomic mass is 9.99. The van der Waals surface area contributed by atoms with Crippen LogP contribution in [-0.2, 0) is 0 Å². The fourth-order valence-electron chi connectivity index (χ4n) is 14.9. The lowest BCUT2D eigenvalue weighted by Crippen LogP contribution is -2.05. The third kappa shape index (κ3) is 12.8. The summed E-state index contributed by atoms with van der Waals surface area (Å²) >= 11 is 0. The zero-order valence-electron chi connectivity index (χ0n) is 58.7. The molecule has 0 saturated heterocycles. The van der Waals surface area contributed by atoms with Crippen molar-refractivity contribution < 1.29 is 19.2 Å². The second-order valence-electron chi connectivity index (χ2n) is 26.5. The molecule has 8 nitrogen and oxygen atoms in total. The summed E-state index contributed by atoms with van der Waals surface area (Å²) in [6.07, 6.45) is 7.86. The van der Waals surface area contributed by atoms with E-state index in [2.05, 4.69) is 146 Å². The molecule has 12 aromatic carbocycles. The molecule has 0 radical (unpaired) electrons. The number of hydrogen-bond acceptors (Lipinski definition) is 4. The van der Waals surface area contributed by atoms with Gasteiger partial charge in [0.2, 0.25) is 23.1 Å². The molecule has 0 spiro atoms. The Bertz CT molecular complexity index is 5890. The third-order valence-corrected chi connectivity index (χ3v) is 20.0. The molecule has 8 heteroatoms. The molecule has 512 valence electrons. The molecule has 20 aromatic rings. The summed E-state index contributed by atoms with van der Waals surface area (Å²) in [6, 6.07) is 129. The molecule has 0 aliphatic rings. The first kappa shape index (κ1) is 66.6. The minimum Gasteiger partial charge on any atom is -0.313 e. The van der Waals surface area contributed by atoms with Gasteiger partial charge in [0.15, 0.2) is 0 Å². The highest BCUT2D eigenvalue weighted by Gasteiger charge is 2.25. The van der Waals surface area contributed by atoms with Crippen molar-refractivity contribution in [2.24, 2.45) is 0 Å². The highest BCUT2D eigenvalue weighted by atomic mass is 16.1. The predicted molar refractivity (Wildman–Crippen MR) is 441 cm³/mol. The van der Waals surface area contributed by atoms with Gasteiger partial charge < -0.3 is 17.6 Å². The molecule has 20 rings (SSSR count). The van der Waals surface area contributed by atoms with Crippen molar-refractivity contribution in [2.45, 2.75) is 0 Å². The summed E-state index contributed by atoms with van der Waals surface area (Å²) in [7, 11) is 0. The highest BCUT2D eigenvalue weighted by molar-refractivity contribution is 6.23. The van der Waals surface area contributed by atoms with Gasteiger partial charge in [0, 0.05) is 90.1 Å². The molecule has 0 bridgehead atoms. The summed E-state index contributed by atoms with van der Waals surface area (Å²) in [5.41, 5.74) is 18.9. The number of rotatable bonds is 12. The summed E-state index contributed by atoms with van der Waals surface area (Å²) in [5, 5.41) is 8.30. The van der Waals surface area contributed by atoms with Crippen LogP contribution in [0, 0.1) is 0 Å². The molecule has 8 aromatic heterocycles. The minimum absolute atomic E-state index is 0.0389. The van der Waals surface area contributed by atoms with Crippen LogP contribution in [0.1, 0.15) is 64.2 Å². The van der Waals surface area contributed by atoms with Crippen LogP contribution in [0.25, 0.3) is 110 Å². The smallest absolute Gasteiger partial charge is 0.210 e. The van der Waals surface area contributed by atoms with Crippen molar-refractivity contribution >= 4 is 88.3 Å². The average molecular weight is 1390 g/mol. The van der Waals surface area contributed by atoms with Gasteiger partial charge in [-0.1, -0.05) is 315 Å². The van der Waals surface area contributed by atoms with Gasteiger partial charge >= 0.3 is 0 Å². The van der Waals surface area contributed by atoms with Crippen molar-refractivity contribution in [2.75, 3.05) is 0 Å². The molecule has 8 heterocycles. The molecular formula is C100H68N4O4. The van der Waals surface area contributed by atoms with E-state index in [-0.39, 0.29) is 23.1 Å². The molecule has 108 heavy (non-hydrogen) atoms. The molecule has 0 aliphatic carbocycles. The molecule has 0 N–H and O–H groups in total. The van der Waals surface area contributed by atoms with Crippen molar-refractivity contribution in [3.63, 3.8) is 0 Å². The number of nitrogens with zero attached hydrogens (tertiary/aromatic N) is 4. The normalized spacial score (nSPS) is 11.1. The van der Waals surface area contributed by atoms with E-state index in [0.717, 1.165) is 110 Å². The van der Waals surface area contributed by atoms with Crippen molar-refractivity contribution in [3.8, 4) is 44.5 Å². The van der Waals surface area contributed by atoms with Gasteiger partial charge in [-0.3, -0.25) is 19.2 Å². The van der Waals surface area contributed by atoms with E-state index >= 15 is 0 Å². The van der Waals surface area contributed by atoms with Crippen LogP contribution in [0.2, 0.25) is 0 Å². The number of benzene rings is 12. The Kier molecular flexibility index (Phi) is 18.3. The molecule has 0 atom stereocenters. The van der Waals surface area contributed by atoms with E-state index in [1.54, 1.807) is 0 Å². The Labute approximate surface area is 623 Å². The maximum atomic E-state index is 13.4. The number of ketones is 4. The number of pyridine rings is 4. The Hall–Kier alpha value is -14.6. The SMILES string of the molecule is O=C(c1ccccc1)c1c2cc(-c3ccccc3)ccc2c2ccccn12.O=C(c1ccccc1)c1c2cc(-c3ccccc3)ccc2c2ccccn12.O=C(c1ccccc1)c1c2cc(-c3ccccc3)ccc2c2ccccn12.O=C(c1ccccc1)c1c2cc(-c3ccccc3)ccc2c2ccccn12. The first-order valence-corrected chi connectivity index (χ1v) is 36.0. The lowest BCUT2D eigenvalue weighted by Gasteiger charge is -2.05. The van der Waals surface area contributed by atoms with E-state index in [1.807, 2.05) is 285 Å². The average Bonchev–Trinajstić information content (AvgIpc) is 1.62. The number of aromatic nitrogens is 4. The van der Waals surface area contributed by atoms with Crippen LogP contribution in [0.15, 0.2) is 413 Å². The van der Waals surface area contributed by atoms with Gasteiger partial charge in [0.25, 0.3) is 0 Å². The topological polar surface area (TPSA) is 85.9 Å². The zero-order valence-corrected chi connectivity index (χ0v) is 58.7. The third-order valence-electron chi connectivity index (χ3n) is 20.0. The maximum Gasteiger partial charge on any atom is 0.210 e.